The number of nitrogens with zero attached hydrogens (tertiary/aromatic N) is 1. The summed E-state index contributed by atoms with van der Waals surface area (Å²) in [5.74, 6) is 1.01. The lowest BCUT2D eigenvalue weighted by Crippen LogP contribution is -1.89. The quantitative estimate of drug-likeness (QED) is 0.886. The SMILES string of the molecule is Cc1cc(O)cc(Oc2ccc(Cl)cc2C#N)c1. The highest BCUT2D eigenvalue weighted by molar-refractivity contribution is 6.30. The number of benzene rings is 2. The molecule has 0 heterocycles. The zero-order chi connectivity index (χ0) is 13.1. The molecule has 1 N–H and O–H groups in total. The first-order valence-electron chi connectivity index (χ1n) is 5.26. The van der Waals surface area contributed by atoms with Crippen molar-refractivity contribution < 1.29 is 9.84 Å². The number of halogens is 1. The molecule has 4 heteroatoms. The summed E-state index contributed by atoms with van der Waals surface area (Å²) in [5.41, 5.74) is 1.22. The fourth-order valence-corrected chi connectivity index (χ4v) is 1.76. The fraction of sp³-hybridized carbons (Fsp3) is 0.0714. The molecule has 2 aromatic rings. The van der Waals surface area contributed by atoms with Gasteiger partial charge in [0.25, 0.3) is 0 Å². The Morgan fingerprint density at radius 2 is 2.00 bits per heavy atom. The minimum Gasteiger partial charge on any atom is -0.508 e. The maximum Gasteiger partial charge on any atom is 0.145 e. The Morgan fingerprint density at radius 3 is 2.67 bits per heavy atom. The van der Waals surface area contributed by atoms with Gasteiger partial charge in [0, 0.05) is 11.1 Å². The van der Waals surface area contributed by atoms with Crippen LogP contribution in [0.2, 0.25) is 5.02 Å². The Bertz CT molecular complexity index is 612. The maximum atomic E-state index is 9.48. The normalized spacial score (nSPS) is 9.83. The molecule has 0 unspecified atom stereocenters. The molecule has 18 heavy (non-hydrogen) atoms. The summed E-state index contributed by atoms with van der Waals surface area (Å²) in [6.07, 6.45) is 0. The molecule has 0 aliphatic rings. The van der Waals surface area contributed by atoms with Crippen LogP contribution in [0.4, 0.5) is 0 Å². The Labute approximate surface area is 110 Å². The molecule has 0 fully saturated rings. The Morgan fingerprint density at radius 1 is 1.22 bits per heavy atom. The van der Waals surface area contributed by atoms with E-state index in [4.69, 9.17) is 21.6 Å². The second-order valence-corrected chi connectivity index (χ2v) is 4.30. The molecular weight excluding hydrogens is 250 g/mol. The van der Waals surface area contributed by atoms with Crippen LogP contribution in [0.5, 0.6) is 17.2 Å². The molecule has 0 saturated heterocycles. The zero-order valence-corrected chi connectivity index (χ0v) is 10.4. The smallest absolute Gasteiger partial charge is 0.145 e. The van der Waals surface area contributed by atoms with Gasteiger partial charge in [0.15, 0.2) is 0 Å². The van der Waals surface area contributed by atoms with Gasteiger partial charge in [-0.1, -0.05) is 11.6 Å². The van der Waals surface area contributed by atoms with E-state index in [-0.39, 0.29) is 5.75 Å². The molecule has 2 aromatic carbocycles. The van der Waals surface area contributed by atoms with E-state index in [0.29, 0.717) is 22.1 Å². The van der Waals surface area contributed by atoms with Gasteiger partial charge in [-0.2, -0.15) is 5.26 Å². The third kappa shape index (κ3) is 2.73. The number of aromatic hydroxyl groups is 1. The molecule has 0 bridgehead atoms. The van der Waals surface area contributed by atoms with E-state index < -0.39 is 0 Å². The van der Waals surface area contributed by atoms with Crippen molar-refractivity contribution in [3.05, 3.63) is 52.5 Å². The van der Waals surface area contributed by atoms with E-state index in [9.17, 15) is 5.11 Å². The standard InChI is InChI=1S/C14H10ClNO2/c1-9-4-12(17)7-13(5-9)18-14-3-2-11(15)6-10(14)8-16/h2-7,17H,1H3. The van der Waals surface area contributed by atoms with Gasteiger partial charge in [-0.15, -0.1) is 0 Å². The number of hydrogen-bond acceptors (Lipinski definition) is 3. The van der Waals surface area contributed by atoms with Gasteiger partial charge >= 0.3 is 0 Å². The molecule has 0 atom stereocenters. The number of ether oxygens (including phenoxy) is 1. The van der Waals surface area contributed by atoms with Crippen LogP contribution in [-0.4, -0.2) is 5.11 Å². The fourth-order valence-electron chi connectivity index (χ4n) is 1.59. The molecule has 2 rings (SSSR count). The van der Waals surface area contributed by atoms with Crippen molar-refractivity contribution in [2.24, 2.45) is 0 Å². The van der Waals surface area contributed by atoms with Crippen LogP contribution in [0.25, 0.3) is 0 Å². The summed E-state index contributed by atoms with van der Waals surface area (Å²) in [4.78, 5) is 0. The third-order valence-corrected chi connectivity index (χ3v) is 2.56. The van der Waals surface area contributed by atoms with Gasteiger partial charge in [-0.05, 0) is 42.8 Å². The summed E-state index contributed by atoms with van der Waals surface area (Å²) in [7, 11) is 0. The Balaban J connectivity index is 2.37. The largest absolute Gasteiger partial charge is 0.508 e. The van der Waals surface area contributed by atoms with Crippen molar-refractivity contribution in [1.82, 2.24) is 0 Å². The minimum atomic E-state index is 0.123. The van der Waals surface area contributed by atoms with Gasteiger partial charge in [0.05, 0.1) is 5.56 Å². The number of aryl methyl sites for hydroxylation is 1. The van der Waals surface area contributed by atoms with E-state index in [1.54, 1.807) is 24.3 Å². The van der Waals surface area contributed by atoms with Crippen molar-refractivity contribution >= 4 is 11.6 Å². The molecule has 0 aliphatic heterocycles. The molecule has 0 aromatic heterocycles. The second-order valence-electron chi connectivity index (χ2n) is 3.86. The molecule has 90 valence electrons. The highest BCUT2D eigenvalue weighted by Gasteiger charge is 2.06. The van der Waals surface area contributed by atoms with Crippen LogP contribution < -0.4 is 4.74 Å². The first kappa shape index (κ1) is 12.3. The monoisotopic (exact) mass is 259 g/mol. The van der Waals surface area contributed by atoms with Crippen molar-refractivity contribution in [1.29, 1.82) is 5.26 Å². The lowest BCUT2D eigenvalue weighted by molar-refractivity contribution is 0.454. The first-order valence-corrected chi connectivity index (χ1v) is 5.64. The predicted molar refractivity (Wildman–Crippen MR) is 69.1 cm³/mol. The van der Waals surface area contributed by atoms with Crippen molar-refractivity contribution in [3.8, 4) is 23.3 Å². The molecule has 0 saturated carbocycles. The average molecular weight is 260 g/mol. The molecule has 0 radical (unpaired) electrons. The van der Waals surface area contributed by atoms with Gasteiger partial charge in [0.1, 0.15) is 23.3 Å². The Hall–Kier alpha value is -2.18. The molecule has 0 aliphatic carbocycles. The molecular formula is C14H10ClNO2. The number of phenolic OH excluding ortho intramolecular Hbond substituents is 1. The van der Waals surface area contributed by atoms with Crippen molar-refractivity contribution in [3.63, 3.8) is 0 Å². The van der Waals surface area contributed by atoms with E-state index in [1.807, 2.05) is 13.0 Å². The second kappa shape index (κ2) is 4.99. The van der Waals surface area contributed by atoms with Crippen molar-refractivity contribution in [2.75, 3.05) is 0 Å². The van der Waals surface area contributed by atoms with Gasteiger partial charge in [-0.25, -0.2) is 0 Å². The van der Waals surface area contributed by atoms with Crippen LogP contribution in [0.15, 0.2) is 36.4 Å². The summed E-state index contributed by atoms with van der Waals surface area (Å²) in [6.45, 7) is 1.85. The van der Waals surface area contributed by atoms with Crippen LogP contribution in [0.1, 0.15) is 11.1 Å². The first-order chi connectivity index (χ1) is 8.58. The minimum absolute atomic E-state index is 0.123. The van der Waals surface area contributed by atoms with Crippen LogP contribution >= 0.6 is 11.6 Å². The van der Waals surface area contributed by atoms with Crippen LogP contribution in [-0.2, 0) is 0 Å². The molecule has 0 spiro atoms. The summed E-state index contributed by atoms with van der Waals surface area (Å²) in [5, 5.41) is 18.9. The van der Waals surface area contributed by atoms with Gasteiger partial charge in [0.2, 0.25) is 0 Å². The maximum absolute atomic E-state index is 9.48. The van der Waals surface area contributed by atoms with Crippen LogP contribution in [0.3, 0.4) is 0 Å². The summed E-state index contributed by atoms with van der Waals surface area (Å²) in [6, 6.07) is 11.7. The summed E-state index contributed by atoms with van der Waals surface area (Å²) >= 11 is 5.80. The average Bonchev–Trinajstić information content (AvgIpc) is 2.30. The topological polar surface area (TPSA) is 53.2 Å². The lowest BCUT2D eigenvalue weighted by atomic mass is 10.2. The predicted octanol–water partition coefficient (Wildman–Crippen LogP) is 4.02. The van der Waals surface area contributed by atoms with Gasteiger partial charge in [-0.3, -0.25) is 0 Å². The van der Waals surface area contributed by atoms with E-state index in [1.165, 1.54) is 12.1 Å². The van der Waals surface area contributed by atoms with E-state index in [0.717, 1.165) is 5.56 Å². The molecule has 3 nitrogen and oxygen atoms in total. The third-order valence-electron chi connectivity index (χ3n) is 2.33. The lowest BCUT2D eigenvalue weighted by Gasteiger charge is -2.08. The van der Waals surface area contributed by atoms with Crippen LogP contribution in [0, 0.1) is 18.3 Å². The zero-order valence-electron chi connectivity index (χ0n) is 9.64. The summed E-state index contributed by atoms with van der Waals surface area (Å²) < 4.78 is 5.58. The van der Waals surface area contributed by atoms with E-state index >= 15 is 0 Å². The molecule has 0 amide bonds. The Kier molecular flexibility index (Phi) is 3.40. The van der Waals surface area contributed by atoms with E-state index in [2.05, 4.69) is 0 Å². The number of phenols is 1. The number of rotatable bonds is 2. The highest BCUT2D eigenvalue weighted by Crippen LogP contribution is 2.30. The number of hydrogen-bond donors (Lipinski definition) is 1. The van der Waals surface area contributed by atoms with Gasteiger partial charge < -0.3 is 9.84 Å². The number of nitriles is 1. The van der Waals surface area contributed by atoms with Crippen molar-refractivity contribution in [2.45, 2.75) is 6.92 Å². The highest BCUT2D eigenvalue weighted by atomic mass is 35.5.